The molecule has 0 bridgehead atoms. The first-order valence-electron chi connectivity index (χ1n) is 6.72. The first kappa shape index (κ1) is 18.5. The fourth-order valence-corrected chi connectivity index (χ4v) is 1.53. The van der Waals surface area contributed by atoms with Crippen LogP contribution in [-0.2, 0) is 9.47 Å². The maximum atomic E-state index is 9.14. The summed E-state index contributed by atoms with van der Waals surface area (Å²) < 4.78 is 10.9. The second-order valence-electron chi connectivity index (χ2n) is 4.34. The van der Waals surface area contributed by atoms with E-state index in [1.54, 1.807) is 0 Å². The van der Waals surface area contributed by atoms with Crippen molar-refractivity contribution >= 4 is 23.2 Å². The molecule has 0 aromatic rings. The largest absolute Gasteiger partial charge is 0.394 e. The molecule has 0 rings (SSSR count). The quantitative estimate of drug-likeness (QED) is 0.444. The first-order valence-corrected chi connectivity index (χ1v) is 7.59. The molecule has 110 valence electrons. The Morgan fingerprint density at radius 3 is 2.06 bits per heavy atom. The number of aliphatic hydroxyl groups excluding tert-OH is 1. The number of hydrogen-bond acceptors (Lipinski definition) is 3. The van der Waals surface area contributed by atoms with Crippen molar-refractivity contribution in [3.8, 4) is 0 Å². The lowest BCUT2D eigenvalue weighted by atomic mass is 10.2. The lowest BCUT2D eigenvalue weighted by molar-refractivity contribution is -0.0433. The summed E-state index contributed by atoms with van der Waals surface area (Å²) in [6.07, 6.45) is 3.24. The Labute approximate surface area is 121 Å². The number of aliphatic hydroxyl groups is 1. The standard InChI is InChI=1S/C13H26Cl2O3/c1-3-11(14)5-7-17-10-13(9-16)18-8-6-12(15)4-2/h11-13,16H,3-10H2,1-2H3. The molecule has 0 aliphatic rings. The molecule has 0 aliphatic carbocycles. The Kier molecular flexibility index (Phi) is 12.8. The minimum Gasteiger partial charge on any atom is -0.394 e. The monoisotopic (exact) mass is 300 g/mol. The van der Waals surface area contributed by atoms with Crippen molar-refractivity contribution in [3.05, 3.63) is 0 Å². The van der Waals surface area contributed by atoms with E-state index in [1.807, 2.05) is 13.8 Å². The van der Waals surface area contributed by atoms with Crippen molar-refractivity contribution in [1.29, 1.82) is 0 Å². The predicted octanol–water partition coefficient (Wildman–Crippen LogP) is 3.20. The summed E-state index contributed by atoms with van der Waals surface area (Å²) in [4.78, 5) is 0. The number of hydrogen-bond donors (Lipinski definition) is 1. The smallest absolute Gasteiger partial charge is 0.104 e. The second-order valence-corrected chi connectivity index (χ2v) is 5.57. The van der Waals surface area contributed by atoms with Crippen LogP contribution in [0.4, 0.5) is 0 Å². The van der Waals surface area contributed by atoms with Gasteiger partial charge in [-0.3, -0.25) is 0 Å². The molecule has 0 saturated carbocycles. The zero-order valence-corrected chi connectivity index (χ0v) is 12.9. The Morgan fingerprint density at radius 2 is 1.56 bits per heavy atom. The van der Waals surface area contributed by atoms with Crippen LogP contribution in [0.25, 0.3) is 0 Å². The van der Waals surface area contributed by atoms with Gasteiger partial charge in [0.25, 0.3) is 0 Å². The van der Waals surface area contributed by atoms with E-state index in [-0.39, 0.29) is 23.5 Å². The summed E-state index contributed by atoms with van der Waals surface area (Å²) in [5.41, 5.74) is 0. The van der Waals surface area contributed by atoms with Gasteiger partial charge < -0.3 is 14.6 Å². The van der Waals surface area contributed by atoms with Gasteiger partial charge in [-0.05, 0) is 25.7 Å². The maximum absolute atomic E-state index is 9.14. The molecule has 3 nitrogen and oxygen atoms in total. The summed E-state index contributed by atoms with van der Waals surface area (Å²) >= 11 is 12.0. The van der Waals surface area contributed by atoms with Gasteiger partial charge in [-0.1, -0.05) is 13.8 Å². The highest BCUT2D eigenvalue weighted by Crippen LogP contribution is 2.08. The SMILES string of the molecule is CCC(Cl)CCOCC(CO)OCCC(Cl)CC. The third kappa shape index (κ3) is 10.4. The lowest BCUT2D eigenvalue weighted by Gasteiger charge is -2.17. The molecular weight excluding hydrogens is 275 g/mol. The first-order chi connectivity index (χ1) is 8.63. The molecule has 18 heavy (non-hydrogen) atoms. The number of rotatable bonds is 12. The molecule has 0 spiro atoms. The molecule has 0 amide bonds. The average Bonchev–Trinajstić information content (AvgIpc) is 2.40. The average molecular weight is 301 g/mol. The summed E-state index contributed by atoms with van der Waals surface area (Å²) in [5.74, 6) is 0. The number of ether oxygens (including phenoxy) is 2. The number of halogens is 2. The molecule has 3 unspecified atom stereocenters. The van der Waals surface area contributed by atoms with Gasteiger partial charge in [0, 0.05) is 24.0 Å². The van der Waals surface area contributed by atoms with Gasteiger partial charge in [-0.15, -0.1) is 23.2 Å². The van der Waals surface area contributed by atoms with Gasteiger partial charge in [0.15, 0.2) is 0 Å². The van der Waals surface area contributed by atoms with Crippen molar-refractivity contribution in [2.24, 2.45) is 0 Å². The second kappa shape index (κ2) is 12.5. The third-order valence-electron chi connectivity index (χ3n) is 2.75. The van der Waals surface area contributed by atoms with Gasteiger partial charge in [0.1, 0.15) is 6.10 Å². The molecule has 0 aromatic heterocycles. The van der Waals surface area contributed by atoms with Crippen LogP contribution >= 0.6 is 23.2 Å². The van der Waals surface area contributed by atoms with Gasteiger partial charge in [-0.2, -0.15) is 0 Å². The van der Waals surface area contributed by atoms with E-state index < -0.39 is 0 Å². The fourth-order valence-electron chi connectivity index (χ4n) is 1.35. The van der Waals surface area contributed by atoms with Crippen molar-refractivity contribution in [3.63, 3.8) is 0 Å². The Bertz CT molecular complexity index is 182. The maximum Gasteiger partial charge on any atom is 0.104 e. The lowest BCUT2D eigenvalue weighted by Crippen LogP contribution is -2.25. The van der Waals surface area contributed by atoms with Crippen molar-refractivity contribution in [2.75, 3.05) is 26.4 Å². The predicted molar refractivity (Wildman–Crippen MR) is 76.7 cm³/mol. The molecular formula is C13H26Cl2O3. The van der Waals surface area contributed by atoms with Crippen LogP contribution in [0, 0.1) is 0 Å². The van der Waals surface area contributed by atoms with E-state index in [4.69, 9.17) is 37.8 Å². The summed E-state index contributed by atoms with van der Waals surface area (Å²) in [6.45, 7) is 5.63. The van der Waals surface area contributed by atoms with Crippen LogP contribution in [0.2, 0.25) is 0 Å². The fraction of sp³-hybridized carbons (Fsp3) is 1.00. The summed E-state index contributed by atoms with van der Waals surface area (Å²) in [6, 6.07) is 0. The van der Waals surface area contributed by atoms with Gasteiger partial charge in [0.2, 0.25) is 0 Å². The molecule has 0 aliphatic heterocycles. The molecule has 3 atom stereocenters. The van der Waals surface area contributed by atoms with Crippen LogP contribution in [0.1, 0.15) is 39.5 Å². The Hall–Kier alpha value is 0.460. The minimum absolute atomic E-state index is 0.0306. The van der Waals surface area contributed by atoms with Gasteiger partial charge >= 0.3 is 0 Å². The minimum atomic E-state index is -0.263. The molecule has 5 heteroatoms. The van der Waals surface area contributed by atoms with E-state index in [0.29, 0.717) is 19.8 Å². The normalized spacial score (nSPS) is 16.5. The highest BCUT2D eigenvalue weighted by atomic mass is 35.5. The van der Waals surface area contributed by atoms with Crippen LogP contribution in [0.15, 0.2) is 0 Å². The van der Waals surface area contributed by atoms with E-state index in [1.165, 1.54) is 0 Å². The van der Waals surface area contributed by atoms with Crippen molar-refractivity contribution < 1.29 is 14.6 Å². The summed E-state index contributed by atoms with van der Waals surface area (Å²) in [5, 5.41) is 9.45. The van der Waals surface area contributed by atoms with Crippen LogP contribution < -0.4 is 0 Å². The topological polar surface area (TPSA) is 38.7 Å². The van der Waals surface area contributed by atoms with Crippen LogP contribution in [0.3, 0.4) is 0 Å². The van der Waals surface area contributed by atoms with Crippen LogP contribution in [-0.4, -0.2) is 48.4 Å². The number of alkyl halides is 2. The van der Waals surface area contributed by atoms with Crippen LogP contribution in [0.5, 0.6) is 0 Å². The Balaban J connectivity index is 3.52. The zero-order chi connectivity index (χ0) is 13.8. The molecule has 0 heterocycles. The van der Waals surface area contributed by atoms with Crippen molar-refractivity contribution in [2.45, 2.75) is 56.4 Å². The molecule has 1 N–H and O–H groups in total. The zero-order valence-electron chi connectivity index (χ0n) is 11.4. The van der Waals surface area contributed by atoms with Crippen molar-refractivity contribution in [1.82, 2.24) is 0 Å². The van der Waals surface area contributed by atoms with E-state index >= 15 is 0 Å². The highest BCUT2D eigenvalue weighted by molar-refractivity contribution is 6.20. The molecule has 0 aromatic carbocycles. The Morgan fingerprint density at radius 1 is 1.00 bits per heavy atom. The summed E-state index contributed by atoms with van der Waals surface area (Å²) in [7, 11) is 0. The third-order valence-corrected chi connectivity index (χ3v) is 3.81. The van der Waals surface area contributed by atoms with Gasteiger partial charge in [0.05, 0.1) is 13.2 Å². The molecule has 0 saturated heterocycles. The van der Waals surface area contributed by atoms with Gasteiger partial charge in [-0.25, -0.2) is 0 Å². The van der Waals surface area contributed by atoms with E-state index in [0.717, 1.165) is 25.7 Å². The molecule has 0 fully saturated rings. The van der Waals surface area contributed by atoms with E-state index in [9.17, 15) is 0 Å². The molecule has 0 radical (unpaired) electrons. The highest BCUT2D eigenvalue weighted by Gasteiger charge is 2.10. The van der Waals surface area contributed by atoms with E-state index in [2.05, 4.69) is 0 Å².